The van der Waals surface area contributed by atoms with E-state index in [4.69, 9.17) is 0 Å². The fraction of sp³-hybridized carbons (Fsp3) is 0.750. The normalized spacial score (nSPS) is 14.3. The Bertz CT molecular complexity index is 293. The lowest BCUT2D eigenvalue weighted by Gasteiger charge is -2.18. The van der Waals surface area contributed by atoms with Gasteiger partial charge in [-0.25, -0.2) is 0 Å². The minimum Gasteiger partial charge on any atom is -0.466 e. The third-order valence-electron chi connectivity index (χ3n) is 1.67. The predicted octanol–water partition coefficient (Wildman–Crippen LogP) is 2.25. The maximum absolute atomic E-state index is 12.2. The quantitative estimate of drug-likeness (QED) is 0.579. The average Bonchev–Trinajstić information content (AvgIpc) is 2.10. The van der Waals surface area contributed by atoms with Gasteiger partial charge in [0.25, 0.3) is 0 Å². The molecule has 0 aromatic heterocycles. The van der Waals surface area contributed by atoms with Crippen LogP contribution in [0.2, 0.25) is 0 Å². The molecular weight excluding hydrogens is 258 g/mol. The Morgan fingerprint density at radius 1 is 1.12 bits per heavy atom. The van der Waals surface area contributed by atoms with E-state index >= 15 is 0 Å². The van der Waals surface area contributed by atoms with Gasteiger partial charge in [0.15, 0.2) is 5.92 Å². The van der Waals surface area contributed by atoms with Crippen LogP contribution in [0.4, 0.5) is 26.3 Å². The lowest BCUT2D eigenvalue weighted by atomic mass is 10.0. The molecule has 9 heteroatoms. The number of carbonyl (C=O) groups is 2. The van der Waals surface area contributed by atoms with E-state index < -0.39 is 43.1 Å². The van der Waals surface area contributed by atoms with Gasteiger partial charge in [0.2, 0.25) is 5.78 Å². The minimum absolute atomic E-state index is 0.425. The highest BCUT2D eigenvalue weighted by molar-refractivity contribution is 5.88. The van der Waals surface area contributed by atoms with Gasteiger partial charge in [-0.15, -0.1) is 0 Å². The lowest BCUT2D eigenvalue weighted by molar-refractivity contribution is -0.205. The maximum Gasteiger partial charge on any atom is 0.450 e. The number of halogens is 6. The molecule has 0 aliphatic heterocycles. The van der Waals surface area contributed by atoms with Crippen LogP contribution in [0.25, 0.3) is 0 Å². The second kappa shape index (κ2) is 5.37. The molecule has 3 nitrogen and oxygen atoms in total. The number of hydrogen-bond acceptors (Lipinski definition) is 3. The van der Waals surface area contributed by atoms with E-state index in [0.29, 0.717) is 0 Å². The highest BCUT2D eigenvalue weighted by Gasteiger charge is 2.51. The van der Waals surface area contributed by atoms with Crippen LogP contribution in [0.15, 0.2) is 0 Å². The number of carbonyl (C=O) groups excluding carboxylic acids is 2. The summed E-state index contributed by atoms with van der Waals surface area (Å²) < 4.78 is 76.0. The molecule has 0 saturated heterocycles. The molecule has 0 aliphatic rings. The Labute approximate surface area is 91.7 Å². The zero-order valence-corrected chi connectivity index (χ0v) is 8.48. The fourth-order valence-corrected chi connectivity index (χ4v) is 0.877. The number of hydrogen-bond donors (Lipinski definition) is 0. The number of ether oxygens (including phenoxy) is 1. The molecule has 0 saturated carbocycles. The Morgan fingerprint density at radius 2 is 1.59 bits per heavy atom. The summed E-state index contributed by atoms with van der Waals surface area (Å²) in [7, 11) is 0. The maximum atomic E-state index is 12.2. The third kappa shape index (κ3) is 5.05. The molecule has 0 N–H and O–H groups in total. The minimum atomic E-state index is -5.41. The van der Waals surface area contributed by atoms with Crippen molar-refractivity contribution in [3.05, 3.63) is 0 Å². The summed E-state index contributed by atoms with van der Waals surface area (Å²) in [6.45, 7) is 0.766. The summed E-state index contributed by atoms with van der Waals surface area (Å²) >= 11 is 0. The van der Waals surface area contributed by atoms with E-state index in [0.717, 1.165) is 0 Å². The largest absolute Gasteiger partial charge is 0.466 e. The van der Waals surface area contributed by atoms with Crippen molar-refractivity contribution in [2.75, 3.05) is 6.61 Å². The summed E-state index contributed by atoms with van der Waals surface area (Å²) in [6.07, 6.45) is -12.7. The molecule has 0 bridgehead atoms. The van der Waals surface area contributed by atoms with Crippen molar-refractivity contribution in [3.63, 3.8) is 0 Å². The zero-order valence-electron chi connectivity index (χ0n) is 8.48. The SMILES string of the molecule is CCOC(=O)[C@H](CC(=O)C(F)(F)F)C(F)(F)F. The van der Waals surface area contributed by atoms with Crippen molar-refractivity contribution in [2.24, 2.45) is 5.92 Å². The Hall–Kier alpha value is -1.28. The molecule has 0 heterocycles. The van der Waals surface area contributed by atoms with Crippen molar-refractivity contribution in [1.82, 2.24) is 0 Å². The summed E-state index contributed by atoms with van der Waals surface area (Å²) in [5, 5.41) is 0. The molecular formula is C8H8F6O3. The van der Waals surface area contributed by atoms with Gasteiger partial charge in [-0.3, -0.25) is 9.59 Å². The Kier molecular flexibility index (Phi) is 4.96. The molecule has 0 aromatic rings. The first-order valence-electron chi connectivity index (χ1n) is 4.33. The van der Waals surface area contributed by atoms with E-state index in [2.05, 4.69) is 4.74 Å². The van der Waals surface area contributed by atoms with Crippen LogP contribution in [0.3, 0.4) is 0 Å². The van der Waals surface area contributed by atoms with Gasteiger partial charge in [-0.1, -0.05) is 0 Å². The molecule has 0 fully saturated rings. The van der Waals surface area contributed by atoms with Crippen molar-refractivity contribution < 1.29 is 40.7 Å². The van der Waals surface area contributed by atoms with Crippen molar-refractivity contribution in [2.45, 2.75) is 25.7 Å². The molecule has 1 atom stereocenters. The third-order valence-corrected chi connectivity index (χ3v) is 1.67. The van der Waals surface area contributed by atoms with Crippen molar-refractivity contribution >= 4 is 11.8 Å². The van der Waals surface area contributed by atoms with Crippen LogP contribution < -0.4 is 0 Å². The first-order valence-corrected chi connectivity index (χ1v) is 4.33. The Balaban J connectivity index is 4.86. The van der Waals surface area contributed by atoms with E-state index in [-0.39, 0.29) is 0 Å². The Morgan fingerprint density at radius 3 is 1.88 bits per heavy atom. The number of esters is 1. The molecule has 0 aromatic carbocycles. The molecule has 0 aliphatic carbocycles. The predicted molar refractivity (Wildman–Crippen MR) is 41.9 cm³/mol. The first-order chi connectivity index (χ1) is 7.50. The summed E-state index contributed by atoms with van der Waals surface area (Å²) in [5.74, 6) is -7.60. The molecule has 100 valence electrons. The van der Waals surface area contributed by atoms with Crippen LogP contribution in [0.5, 0.6) is 0 Å². The highest BCUT2D eigenvalue weighted by atomic mass is 19.4. The van der Waals surface area contributed by atoms with Gasteiger partial charge in [0.05, 0.1) is 6.61 Å². The van der Waals surface area contributed by atoms with Crippen LogP contribution >= 0.6 is 0 Å². The van der Waals surface area contributed by atoms with Gasteiger partial charge in [0, 0.05) is 6.42 Å². The average molecular weight is 266 g/mol. The van der Waals surface area contributed by atoms with Crippen molar-refractivity contribution in [1.29, 1.82) is 0 Å². The standard InChI is InChI=1S/C8H8F6O3/c1-2-17-6(16)4(7(9,10)11)3-5(15)8(12,13)14/h4H,2-3H2,1H3/t4-/m0/s1. The van der Waals surface area contributed by atoms with Crippen LogP contribution in [-0.4, -0.2) is 30.7 Å². The molecule has 0 spiro atoms. The number of rotatable bonds is 4. The van der Waals surface area contributed by atoms with Crippen LogP contribution in [-0.2, 0) is 14.3 Å². The van der Waals surface area contributed by atoms with E-state index in [1.54, 1.807) is 0 Å². The van der Waals surface area contributed by atoms with Gasteiger partial charge < -0.3 is 4.74 Å². The second-order valence-electron chi connectivity index (χ2n) is 2.97. The smallest absolute Gasteiger partial charge is 0.450 e. The monoisotopic (exact) mass is 266 g/mol. The van der Waals surface area contributed by atoms with Gasteiger partial charge in [-0.05, 0) is 6.92 Å². The molecule has 0 rings (SSSR count). The lowest BCUT2D eigenvalue weighted by Crippen LogP contribution is -2.37. The van der Waals surface area contributed by atoms with Crippen LogP contribution in [0, 0.1) is 5.92 Å². The summed E-state index contributed by atoms with van der Waals surface area (Å²) in [5.41, 5.74) is 0. The summed E-state index contributed by atoms with van der Waals surface area (Å²) in [6, 6.07) is 0. The van der Waals surface area contributed by atoms with E-state index in [1.165, 1.54) is 6.92 Å². The zero-order chi connectivity index (χ0) is 13.9. The molecule has 0 radical (unpaired) electrons. The van der Waals surface area contributed by atoms with E-state index in [9.17, 15) is 35.9 Å². The van der Waals surface area contributed by atoms with Crippen LogP contribution in [0.1, 0.15) is 13.3 Å². The number of ketones is 1. The van der Waals surface area contributed by atoms with E-state index in [1.807, 2.05) is 0 Å². The molecule has 17 heavy (non-hydrogen) atoms. The van der Waals surface area contributed by atoms with Crippen molar-refractivity contribution in [3.8, 4) is 0 Å². The number of alkyl halides is 6. The number of Topliss-reactive ketones (excluding diaryl/α,β-unsaturated/α-hetero) is 1. The summed E-state index contributed by atoms with van der Waals surface area (Å²) in [4.78, 5) is 21.2. The molecule has 0 unspecified atom stereocenters. The topological polar surface area (TPSA) is 43.4 Å². The van der Waals surface area contributed by atoms with Gasteiger partial charge in [-0.2, -0.15) is 26.3 Å². The van der Waals surface area contributed by atoms with Gasteiger partial charge >= 0.3 is 18.3 Å². The first kappa shape index (κ1) is 15.7. The molecule has 0 amide bonds. The fourth-order valence-electron chi connectivity index (χ4n) is 0.877. The second-order valence-corrected chi connectivity index (χ2v) is 2.97. The van der Waals surface area contributed by atoms with Gasteiger partial charge in [0.1, 0.15) is 0 Å². The highest BCUT2D eigenvalue weighted by Crippen LogP contribution is 2.32.